The Labute approximate surface area is 108 Å². The number of halogens is 2. The first-order valence-electron chi connectivity index (χ1n) is 5.48. The van der Waals surface area contributed by atoms with Gasteiger partial charge in [0.1, 0.15) is 17.7 Å². The number of nitrogens with zero attached hydrogens (tertiary/aromatic N) is 1. The summed E-state index contributed by atoms with van der Waals surface area (Å²) in [5, 5.41) is 8.72. The maximum absolute atomic E-state index is 13.1. The Bertz CT molecular complexity index is 491. The number of benzene rings is 1. The zero-order chi connectivity index (χ0) is 12.4. The molecule has 4 heteroatoms. The first-order chi connectivity index (χ1) is 8.11. The lowest BCUT2D eigenvalue weighted by molar-refractivity contribution is -0.119. The smallest absolute Gasteiger partial charge is 0.149 e. The maximum Gasteiger partial charge on any atom is 0.149 e. The van der Waals surface area contributed by atoms with Crippen molar-refractivity contribution in [1.29, 1.82) is 5.26 Å². The van der Waals surface area contributed by atoms with Crippen molar-refractivity contribution in [3.8, 4) is 6.07 Å². The van der Waals surface area contributed by atoms with Crippen LogP contribution < -0.4 is 0 Å². The molecule has 0 N–H and O–H groups in total. The lowest BCUT2D eigenvalue weighted by Gasteiger charge is -2.08. The van der Waals surface area contributed by atoms with Crippen molar-refractivity contribution in [2.45, 2.75) is 24.1 Å². The molecule has 2 nitrogen and oxygen atoms in total. The van der Waals surface area contributed by atoms with Gasteiger partial charge in [0.25, 0.3) is 0 Å². The summed E-state index contributed by atoms with van der Waals surface area (Å²) in [5.41, 5.74) is 0.833. The van der Waals surface area contributed by atoms with Crippen LogP contribution in [0.2, 0.25) is 0 Å². The molecule has 1 atom stereocenters. The van der Waals surface area contributed by atoms with Crippen molar-refractivity contribution in [2.75, 3.05) is 0 Å². The van der Waals surface area contributed by atoms with Gasteiger partial charge < -0.3 is 0 Å². The lowest BCUT2D eigenvalue weighted by atomic mass is 10.0. The molecule has 1 aromatic rings. The van der Waals surface area contributed by atoms with E-state index in [1.54, 1.807) is 12.1 Å². The third-order valence-electron chi connectivity index (χ3n) is 2.85. The Hall–Kier alpha value is -1.21. The van der Waals surface area contributed by atoms with E-state index in [1.165, 1.54) is 12.1 Å². The summed E-state index contributed by atoms with van der Waals surface area (Å²) in [6, 6.07) is 6.19. The average molecular weight is 296 g/mol. The SMILES string of the molecule is N#Cc1cc(CC(Br)C(=O)C2CC2)ccc1F. The van der Waals surface area contributed by atoms with Gasteiger partial charge >= 0.3 is 0 Å². The number of alkyl halides is 1. The van der Waals surface area contributed by atoms with Crippen molar-refractivity contribution < 1.29 is 9.18 Å². The monoisotopic (exact) mass is 295 g/mol. The summed E-state index contributed by atoms with van der Waals surface area (Å²) in [6.07, 6.45) is 2.46. The van der Waals surface area contributed by atoms with Gasteiger partial charge in [-0.2, -0.15) is 5.26 Å². The highest BCUT2D eigenvalue weighted by molar-refractivity contribution is 9.10. The highest BCUT2D eigenvalue weighted by Crippen LogP contribution is 2.33. The second-order valence-electron chi connectivity index (χ2n) is 4.27. The van der Waals surface area contributed by atoms with E-state index in [4.69, 9.17) is 5.26 Å². The Morgan fingerprint density at radius 1 is 1.59 bits per heavy atom. The topological polar surface area (TPSA) is 40.9 Å². The van der Waals surface area contributed by atoms with Crippen molar-refractivity contribution >= 4 is 21.7 Å². The number of hydrogen-bond acceptors (Lipinski definition) is 2. The molecule has 1 saturated carbocycles. The average Bonchev–Trinajstić information content (AvgIpc) is 3.14. The zero-order valence-electron chi connectivity index (χ0n) is 9.12. The number of ketones is 1. The van der Waals surface area contributed by atoms with Gasteiger partial charge in [-0.25, -0.2) is 4.39 Å². The predicted molar refractivity (Wildman–Crippen MR) is 65.3 cm³/mol. The van der Waals surface area contributed by atoms with Crippen LogP contribution in [0.25, 0.3) is 0 Å². The molecule has 88 valence electrons. The lowest BCUT2D eigenvalue weighted by Crippen LogP contribution is -2.18. The van der Waals surface area contributed by atoms with E-state index in [-0.39, 0.29) is 22.1 Å². The van der Waals surface area contributed by atoms with Crippen LogP contribution in [-0.2, 0) is 11.2 Å². The third-order valence-corrected chi connectivity index (χ3v) is 3.63. The predicted octanol–water partition coefficient (Wildman–Crippen LogP) is 2.98. The number of rotatable bonds is 4. The second kappa shape index (κ2) is 4.97. The van der Waals surface area contributed by atoms with Crippen molar-refractivity contribution in [2.24, 2.45) is 5.92 Å². The first kappa shape index (κ1) is 12.3. The molecule has 1 aliphatic carbocycles. The van der Waals surface area contributed by atoms with Crippen LogP contribution in [0.15, 0.2) is 18.2 Å². The minimum atomic E-state index is -0.518. The van der Waals surface area contributed by atoms with Crippen LogP contribution in [0.3, 0.4) is 0 Å². The van der Waals surface area contributed by atoms with Crippen LogP contribution in [0, 0.1) is 23.1 Å². The highest BCUT2D eigenvalue weighted by Gasteiger charge is 2.33. The number of carbonyl (C=O) groups excluding carboxylic acids is 1. The number of Topliss-reactive ketones (excluding diaryl/α,β-unsaturated/α-hetero) is 1. The summed E-state index contributed by atoms with van der Waals surface area (Å²) in [7, 11) is 0. The molecule has 1 aliphatic rings. The first-order valence-corrected chi connectivity index (χ1v) is 6.39. The molecule has 0 heterocycles. The van der Waals surface area contributed by atoms with Gasteiger partial charge in [0.05, 0.1) is 10.4 Å². The normalized spacial score (nSPS) is 16.3. The van der Waals surface area contributed by atoms with Crippen LogP contribution in [0.5, 0.6) is 0 Å². The van der Waals surface area contributed by atoms with E-state index in [0.717, 1.165) is 18.4 Å². The third kappa shape index (κ3) is 2.92. The molecule has 0 bridgehead atoms. The fourth-order valence-corrected chi connectivity index (χ4v) is 2.46. The molecule has 1 unspecified atom stereocenters. The molecule has 0 aromatic heterocycles. The Balaban J connectivity index is 2.08. The second-order valence-corrected chi connectivity index (χ2v) is 5.38. The Morgan fingerprint density at radius 2 is 2.29 bits per heavy atom. The molecule has 0 radical (unpaired) electrons. The molecule has 2 rings (SSSR count). The molecule has 0 amide bonds. The van der Waals surface area contributed by atoms with E-state index >= 15 is 0 Å². The number of nitriles is 1. The maximum atomic E-state index is 13.1. The summed E-state index contributed by atoms with van der Waals surface area (Å²) >= 11 is 3.36. The van der Waals surface area contributed by atoms with Gasteiger partial charge in [-0.3, -0.25) is 4.79 Å². The van der Waals surface area contributed by atoms with E-state index in [2.05, 4.69) is 15.9 Å². The fraction of sp³-hybridized carbons (Fsp3) is 0.385. The van der Waals surface area contributed by atoms with Gasteiger partial charge in [0.15, 0.2) is 0 Å². The van der Waals surface area contributed by atoms with Gasteiger partial charge in [-0.15, -0.1) is 0 Å². The summed E-state index contributed by atoms with van der Waals surface area (Å²) in [4.78, 5) is 11.5. The zero-order valence-corrected chi connectivity index (χ0v) is 10.7. The van der Waals surface area contributed by atoms with Gasteiger partial charge in [0.2, 0.25) is 0 Å². The fourth-order valence-electron chi connectivity index (χ4n) is 1.72. The quantitative estimate of drug-likeness (QED) is 0.801. The van der Waals surface area contributed by atoms with Crippen molar-refractivity contribution in [1.82, 2.24) is 0 Å². The van der Waals surface area contributed by atoms with E-state index in [9.17, 15) is 9.18 Å². The molecule has 1 fully saturated rings. The van der Waals surface area contributed by atoms with E-state index < -0.39 is 5.82 Å². The molecule has 17 heavy (non-hydrogen) atoms. The van der Waals surface area contributed by atoms with Crippen molar-refractivity contribution in [3.63, 3.8) is 0 Å². The Morgan fingerprint density at radius 3 is 2.88 bits per heavy atom. The largest absolute Gasteiger partial charge is 0.298 e. The molecular weight excluding hydrogens is 285 g/mol. The van der Waals surface area contributed by atoms with Crippen LogP contribution in [0.4, 0.5) is 4.39 Å². The van der Waals surface area contributed by atoms with Gasteiger partial charge in [-0.05, 0) is 37.0 Å². The van der Waals surface area contributed by atoms with Crippen molar-refractivity contribution in [3.05, 3.63) is 35.1 Å². The van der Waals surface area contributed by atoms with Crippen LogP contribution in [-0.4, -0.2) is 10.6 Å². The van der Waals surface area contributed by atoms with E-state index in [0.29, 0.717) is 6.42 Å². The molecule has 1 aromatic carbocycles. The molecule has 0 saturated heterocycles. The van der Waals surface area contributed by atoms with Crippen LogP contribution in [0.1, 0.15) is 24.0 Å². The highest BCUT2D eigenvalue weighted by atomic mass is 79.9. The Kier molecular flexibility index (Phi) is 3.58. The van der Waals surface area contributed by atoms with Gasteiger partial charge in [0, 0.05) is 5.92 Å². The number of carbonyl (C=O) groups is 1. The van der Waals surface area contributed by atoms with Gasteiger partial charge in [-0.1, -0.05) is 22.0 Å². The molecule has 0 spiro atoms. The standard InChI is InChI=1S/C13H11BrFNO/c14-11(13(17)9-2-3-9)6-8-1-4-12(15)10(5-8)7-16/h1,4-5,9,11H,2-3,6H2. The minimum Gasteiger partial charge on any atom is -0.298 e. The molecular formula is C13H11BrFNO. The molecule has 0 aliphatic heterocycles. The summed E-state index contributed by atoms with van der Waals surface area (Å²) < 4.78 is 13.1. The minimum absolute atomic E-state index is 0.0288. The summed E-state index contributed by atoms with van der Waals surface area (Å²) in [5.74, 6) is -0.0982. The number of hydrogen-bond donors (Lipinski definition) is 0. The van der Waals surface area contributed by atoms with Crippen LogP contribution >= 0.6 is 15.9 Å². The van der Waals surface area contributed by atoms with E-state index in [1.807, 2.05) is 0 Å². The summed E-state index contributed by atoms with van der Waals surface area (Å²) in [6.45, 7) is 0.